The third kappa shape index (κ3) is 2.45. The molecular formula is C14H15Cl2NO2. The summed E-state index contributed by atoms with van der Waals surface area (Å²) in [6.45, 7) is 3.60. The molecule has 1 unspecified atom stereocenters. The zero-order valence-electron chi connectivity index (χ0n) is 11.0. The highest BCUT2D eigenvalue weighted by molar-refractivity contribution is 6.58. The lowest BCUT2D eigenvalue weighted by Gasteiger charge is -2.40. The molecule has 102 valence electrons. The van der Waals surface area contributed by atoms with Crippen LogP contribution in [0.1, 0.15) is 13.8 Å². The lowest BCUT2D eigenvalue weighted by Crippen LogP contribution is -2.53. The van der Waals surface area contributed by atoms with E-state index < -0.39 is 16.3 Å². The molecule has 1 aromatic carbocycles. The number of allylic oxidation sites excluding steroid dienone is 1. The van der Waals surface area contributed by atoms with Crippen molar-refractivity contribution in [1.29, 1.82) is 0 Å². The molecule has 0 aromatic heterocycles. The Hall–Kier alpha value is -1.19. The second-order valence-corrected chi connectivity index (χ2v) is 5.99. The first kappa shape index (κ1) is 14.2. The third-order valence-electron chi connectivity index (χ3n) is 3.38. The number of rotatable bonds is 2. The summed E-state index contributed by atoms with van der Waals surface area (Å²) >= 11 is 12.4. The largest absolute Gasteiger partial charge is 0.429 e. The number of ether oxygens (including phenoxy) is 1. The molecule has 0 amide bonds. The Morgan fingerprint density at radius 3 is 2.37 bits per heavy atom. The molecule has 0 saturated carbocycles. The van der Waals surface area contributed by atoms with E-state index in [0.717, 1.165) is 11.3 Å². The van der Waals surface area contributed by atoms with Gasteiger partial charge in [0.1, 0.15) is 5.76 Å². The van der Waals surface area contributed by atoms with Crippen molar-refractivity contribution in [2.24, 2.45) is 0 Å². The third-order valence-corrected chi connectivity index (χ3v) is 4.10. The number of halogens is 2. The first-order valence-electron chi connectivity index (χ1n) is 5.91. The van der Waals surface area contributed by atoms with Gasteiger partial charge in [-0.05, 0) is 31.6 Å². The molecular weight excluding hydrogens is 285 g/mol. The number of nitrogens with zero attached hydrogens (tertiary/aromatic N) is 1. The molecule has 19 heavy (non-hydrogen) atoms. The lowest BCUT2D eigenvalue weighted by atomic mass is 9.99. The number of cyclic esters (lactones) is 1. The summed E-state index contributed by atoms with van der Waals surface area (Å²) in [5.74, 6) is -0.0820. The van der Waals surface area contributed by atoms with E-state index in [1.165, 1.54) is 0 Å². The maximum atomic E-state index is 11.9. The fourth-order valence-corrected chi connectivity index (χ4v) is 2.91. The van der Waals surface area contributed by atoms with Gasteiger partial charge < -0.3 is 9.64 Å². The summed E-state index contributed by atoms with van der Waals surface area (Å²) in [5, 5.41) is 0. The molecule has 1 aliphatic heterocycles. The standard InChI is InChI=1S/C14H15Cl2NO2/c1-9-10(2)19-13(18)14(15,16)12(9)17(3)11-7-5-4-6-8-11/h4-8,12H,1-3H3. The summed E-state index contributed by atoms with van der Waals surface area (Å²) in [4.78, 5) is 13.8. The molecule has 0 saturated heterocycles. The van der Waals surface area contributed by atoms with Crippen LogP contribution in [0.2, 0.25) is 0 Å². The van der Waals surface area contributed by atoms with Gasteiger partial charge in [0.25, 0.3) is 0 Å². The van der Waals surface area contributed by atoms with Gasteiger partial charge in [-0.2, -0.15) is 0 Å². The Morgan fingerprint density at radius 1 is 1.21 bits per heavy atom. The van der Waals surface area contributed by atoms with Crippen molar-refractivity contribution in [3.05, 3.63) is 41.7 Å². The number of esters is 1. The van der Waals surface area contributed by atoms with Crippen molar-refractivity contribution < 1.29 is 9.53 Å². The Balaban J connectivity index is 2.46. The minimum absolute atomic E-state index is 0.459. The molecule has 1 aliphatic rings. The van der Waals surface area contributed by atoms with Gasteiger partial charge in [-0.25, -0.2) is 4.79 Å². The molecule has 0 bridgehead atoms. The van der Waals surface area contributed by atoms with Crippen LogP contribution in [0.5, 0.6) is 0 Å². The summed E-state index contributed by atoms with van der Waals surface area (Å²) in [5.41, 5.74) is 1.77. The number of alkyl halides is 2. The van der Waals surface area contributed by atoms with Gasteiger partial charge in [0.15, 0.2) is 0 Å². The Labute approximate surface area is 122 Å². The minimum atomic E-state index is -1.62. The average Bonchev–Trinajstić information content (AvgIpc) is 2.37. The van der Waals surface area contributed by atoms with Gasteiger partial charge in [0, 0.05) is 12.7 Å². The summed E-state index contributed by atoms with van der Waals surface area (Å²) in [6, 6.07) is 9.18. The van der Waals surface area contributed by atoms with Crippen molar-refractivity contribution in [3.8, 4) is 0 Å². The van der Waals surface area contributed by atoms with E-state index >= 15 is 0 Å². The Kier molecular flexibility index (Phi) is 3.79. The van der Waals surface area contributed by atoms with Gasteiger partial charge in [0.05, 0.1) is 6.04 Å². The molecule has 5 heteroatoms. The highest BCUT2D eigenvalue weighted by atomic mass is 35.5. The highest BCUT2D eigenvalue weighted by Crippen LogP contribution is 2.40. The van der Waals surface area contributed by atoms with Crippen molar-refractivity contribution in [3.63, 3.8) is 0 Å². The van der Waals surface area contributed by atoms with Gasteiger partial charge in [-0.3, -0.25) is 0 Å². The summed E-state index contributed by atoms with van der Waals surface area (Å²) in [7, 11) is 1.86. The zero-order valence-corrected chi connectivity index (χ0v) is 12.5. The Morgan fingerprint density at radius 2 is 1.79 bits per heavy atom. The SMILES string of the molecule is CC1=C(C)C(N(C)c2ccccc2)C(Cl)(Cl)C(=O)O1. The van der Waals surface area contributed by atoms with Crippen LogP contribution in [-0.4, -0.2) is 23.4 Å². The predicted molar refractivity (Wildman–Crippen MR) is 77.5 cm³/mol. The number of hydrogen-bond donors (Lipinski definition) is 0. The number of carbonyl (C=O) groups excluding carboxylic acids is 1. The van der Waals surface area contributed by atoms with E-state index in [4.69, 9.17) is 27.9 Å². The van der Waals surface area contributed by atoms with Crippen molar-refractivity contribution in [2.45, 2.75) is 24.2 Å². The van der Waals surface area contributed by atoms with E-state index in [-0.39, 0.29) is 0 Å². The average molecular weight is 300 g/mol. The quantitative estimate of drug-likeness (QED) is 0.618. The molecule has 3 nitrogen and oxygen atoms in total. The topological polar surface area (TPSA) is 29.5 Å². The molecule has 1 aromatic rings. The maximum Gasteiger partial charge on any atom is 0.350 e. The van der Waals surface area contributed by atoms with Crippen molar-refractivity contribution in [2.75, 3.05) is 11.9 Å². The normalized spacial score (nSPS) is 22.2. The van der Waals surface area contributed by atoms with Crippen LogP contribution in [0, 0.1) is 0 Å². The van der Waals surface area contributed by atoms with Crippen LogP contribution in [-0.2, 0) is 9.53 Å². The highest BCUT2D eigenvalue weighted by Gasteiger charge is 2.51. The number of carbonyl (C=O) groups is 1. The lowest BCUT2D eigenvalue weighted by molar-refractivity contribution is -0.141. The number of para-hydroxylation sites is 1. The smallest absolute Gasteiger partial charge is 0.350 e. The predicted octanol–water partition coefficient (Wildman–Crippen LogP) is 3.52. The minimum Gasteiger partial charge on any atom is -0.429 e. The monoisotopic (exact) mass is 299 g/mol. The van der Waals surface area contributed by atoms with Gasteiger partial charge >= 0.3 is 5.97 Å². The maximum absolute atomic E-state index is 11.9. The van der Waals surface area contributed by atoms with Crippen molar-refractivity contribution in [1.82, 2.24) is 0 Å². The summed E-state index contributed by atoms with van der Waals surface area (Å²) in [6.07, 6.45) is 0. The fraction of sp³-hybridized carbons (Fsp3) is 0.357. The molecule has 0 fully saturated rings. The molecule has 0 aliphatic carbocycles. The second kappa shape index (κ2) is 5.06. The second-order valence-electron chi connectivity index (χ2n) is 4.60. The molecule has 0 N–H and O–H groups in total. The van der Waals surface area contributed by atoms with Crippen LogP contribution in [0.15, 0.2) is 41.7 Å². The van der Waals surface area contributed by atoms with Gasteiger partial charge in [-0.1, -0.05) is 41.4 Å². The fourth-order valence-electron chi connectivity index (χ4n) is 2.21. The molecule has 0 radical (unpaired) electrons. The van der Waals surface area contributed by atoms with E-state index in [1.807, 2.05) is 49.2 Å². The van der Waals surface area contributed by atoms with Crippen LogP contribution in [0.3, 0.4) is 0 Å². The zero-order chi connectivity index (χ0) is 14.2. The molecule has 1 heterocycles. The molecule has 1 atom stereocenters. The van der Waals surface area contributed by atoms with Crippen LogP contribution >= 0.6 is 23.2 Å². The molecule has 0 spiro atoms. The van der Waals surface area contributed by atoms with E-state index in [9.17, 15) is 4.79 Å². The van der Waals surface area contributed by atoms with Crippen LogP contribution in [0.4, 0.5) is 5.69 Å². The van der Waals surface area contributed by atoms with E-state index in [1.54, 1.807) is 6.92 Å². The van der Waals surface area contributed by atoms with Gasteiger partial charge in [-0.15, -0.1) is 0 Å². The van der Waals surface area contributed by atoms with Gasteiger partial charge in [0.2, 0.25) is 4.33 Å². The van der Waals surface area contributed by atoms with Crippen LogP contribution < -0.4 is 4.90 Å². The van der Waals surface area contributed by atoms with Crippen molar-refractivity contribution >= 4 is 34.9 Å². The Bertz CT molecular complexity index is 526. The first-order valence-corrected chi connectivity index (χ1v) is 6.66. The van der Waals surface area contributed by atoms with E-state index in [0.29, 0.717) is 5.76 Å². The number of hydrogen-bond acceptors (Lipinski definition) is 3. The summed E-state index contributed by atoms with van der Waals surface area (Å²) < 4.78 is 3.46. The first-order chi connectivity index (χ1) is 8.85. The van der Waals surface area contributed by atoms with E-state index in [2.05, 4.69) is 0 Å². The number of anilines is 1. The number of benzene rings is 1. The molecule has 2 rings (SSSR count). The number of likely N-dealkylation sites (N-methyl/N-ethyl adjacent to an activating group) is 1. The van der Waals surface area contributed by atoms with Crippen LogP contribution in [0.25, 0.3) is 0 Å².